The Labute approximate surface area is 99.3 Å². The molecule has 0 unspecified atom stereocenters. The Bertz CT molecular complexity index is 429. The third-order valence-corrected chi connectivity index (χ3v) is 1.98. The molecule has 0 fully saturated rings. The minimum atomic E-state index is -0.812. The molecule has 0 amide bonds. The minimum Gasteiger partial charge on any atom is -0.364 e. The number of benzene rings is 1. The van der Waals surface area contributed by atoms with Crippen molar-refractivity contribution in [1.82, 2.24) is 5.43 Å². The van der Waals surface area contributed by atoms with Crippen molar-refractivity contribution >= 4 is 28.1 Å². The highest BCUT2D eigenvalue weighted by molar-refractivity contribution is 9.10. The van der Waals surface area contributed by atoms with Crippen molar-refractivity contribution in [2.24, 2.45) is 15.9 Å². The Hall–Kier alpha value is -1.96. The molecule has 0 atom stereocenters. The first-order valence-corrected chi connectivity index (χ1v) is 4.90. The number of halogens is 1. The fourth-order valence-corrected chi connectivity index (χ4v) is 1.09. The van der Waals surface area contributed by atoms with Crippen LogP contribution in [0.3, 0.4) is 0 Å². The van der Waals surface area contributed by atoms with Crippen molar-refractivity contribution < 1.29 is 5.03 Å². The number of hydrogen-bond acceptors (Lipinski definition) is 4. The topological polar surface area (TPSA) is 106 Å². The average molecular weight is 286 g/mol. The van der Waals surface area contributed by atoms with E-state index in [1.54, 1.807) is 17.6 Å². The second kappa shape index (κ2) is 5.81. The summed E-state index contributed by atoms with van der Waals surface area (Å²) in [5.74, 6) is -0.377. The maximum atomic E-state index is 9.96. The van der Waals surface area contributed by atoms with Gasteiger partial charge < -0.3 is 5.73 Å². The number of rotatable bonds is 3. The third kappa shape index (κ3) is 4.51. The van der Waals surface area contributed by atoms with Gasteiger partial charge in [0, 0.05) is 4.47 Å². The molecule has 1 aromatic carbocycles. The van der Waals surface area contributed by atoms with E-state index in [1.165, 1.54) is 6.21 Å². The zero-order chi connectivity index (χ0) is 12.0. The van der Waals surface area contributed by atoms with E-state index in [-0.39, 0.29) is 5.96 Å². The van der Waals surface area contributed by atoms with Gasteiger partial charge in [-0.2, -0.15) is 5.10 Å². The van der Waals surface area contributed by atoms with E-state index in [2.05, 4.69) is 26.1 Å². The van der Waals surface area contributed by atoms with E-state index < -0.39 is 5.03 Å². The van der Waals surface area contributed by atoms with Gasteiger partial charge in [-0.3, -0.25) is 0 Å². The first-order valence-electron chi connectivity index (χ1n) is 4.11. The second-order valence-corrected chi connectivity index (χ2v) is 3.57. The summed E-state index contributed by atoms with van der Waals surface area (Å²) in [6.45, 7) is 0. The Kier molecular flexibility index (Phi) is 4.40. The number of nitrogens with one attached hydrogen (secondary N) is 1. The van der Waals surface area contributed by atoms with Crippen LogP contribution >= 0.6 is 15.9 Å². The van der Waals surface area contributed by atoms with Crippen LogP contribution < -0.4 is 11.2 Å². The summed E-state index contributed by atoms with van der Waals surface area (Å²) in [6.07, 6.45) is 1.43. The molecule has 0 radical (unpaired) electrons. The summed E-state index contributed by atoms with van der Waals surface area (Å²) in [6, 6.07) is 7.29. The molecule has 8 heteroatoms. The lowest BCUT2D eigenvalue weighted by Gasteiger charge is -1.92. The molecule has 0 heterocycles. The summed E-state index contributed by atoms with van der Waals surface area (Å²) in [5.41, 5.74) is 7.61. The van der Waals surface area contributed by atoms with Gasteiger partial charge in [0.1, 0.15) is 0 Å². The molecule has 0 aliphatic carbocycles. The minimum absolute atomic E-state index is 0.377. The van der Waals surface area contributed by atoms with E-state index >= 15 is 0 Å². The summed E-state index contributed by atoms with van der Waals surface area (Å²) < 4.78 is 0.947. The SMILES string of the molecule is NC(=NN=Cc1ccc(Br)cc1)N[N+](=O)[O-]. The first-order chi connectivity index (χ1) is 7.58. The second-order valence-electron chi connectivity index (χ2n) is 2.65. The van der Waals surface area contributed by atoms with E-state index in [4.69, 9.17) is 5.73 Å². The van der Waals surface area contributed by atoms with Gasteiger partial charge in [0.15, 0.2) is 5.03 Å². The van der Waals surface area contributed by atoms with E-state index in [9.17, 15) is 10.1 Å². The Morgan fingerprint density at radius 1 is 1.50 bits per heavy atom. The number of nitro groups is 1. The summed E-state index contributed by atoms with van der Waals surface area (Å²) >= 11 is 3.29. The van der Waals surface area contributed by atoms with Crippen molar-refractivity contribution in [2.75, 3.05) is 0 Å². The predicted octanol–water partition coefficient (Wildman–Crippen LogP) is 0.879. The van der Waals surface area contributed by atoms with Crippen LogP contribution in [0.4, 0.5) is 0 Å². The van der Waals surface area contributed by atoms with Crippen molar-refractivity contribution in [2.45, 2.75) is 0 Å². The van der Waals surface area contributed by atoms with E-state index in [1.807, 2.05) is 12.1 Å². The van der Waals surface area contributed by atoms with Crippen molar-refractivity contribution in [3.8, 4) is 0 Å². The number of hydrazine groups is 1. The molecular formula is C8H8BrN5O2. The van der Waals surface area contributed by atoms with Gasteiger partial charge in [0.25, 0.3) is 5.96 Å². The maximum absolute atomic E-state index is 9.96. The Morgan fingerprint density at radius 2 is 2.12 bits per heavy atom. The largest absolute Gasteiger partial charge is 0.364 e. The van der Waals surface area contributed by atoms with Crippen molar-refractivity contribution in [3.05, 3.63) is 44.4 Å². The molecule has 84 valence electrons. The van der Waals surface area contributed by atoms with Crippen LogP contribution in [0.1, 0.15) is 5.56 Å². The molecular weight excluding hydrogens is 278 g/mol. The van der Waals surface area contributed by atoms with Gasteiger partial charge in [-0.15, -0.1) is 5.10 Å². The number of hydrogen-bond donors (Lipinski definition) is 2. The van der Waals surface area contributed by atoms with Crippen LogP contribution in [0.5, 0.6) is 0 Å². The maximum Gasteiger partial charge on any atom is 0.275 e. The molecule has 7 nitrogen and oxygen atoms in total. The van der Waals surface area contributed by atoms with E-state index in [0.717, 1.165) is 10.0 Å². The Balaban J connectivity index is 2.60. The van der Waals surface area contributed by atoms with Crippen LogP contribution in [0.25, 0.3) is 0 Å². The fourth-order valence-electron chi connectivity index (χ4n) is 0.822. The highest BCUT2D eigenvalue weighted by Gasteiger charge is 1.96. The molecule has 1 rings (SSSR count). The van der Waals surface area contributed by atoms with Crippen molar-refractivity contribution in [1.29, 1.82) is 0 Å². The zero-order valence-electron chi connectivity index (χ0n) is 8.00. The molecule has 0 aromatic heterocycles. The van der Waals surface area contributed by atoms with Gasteiger partial charge in [-0.1, -0.05) is 33.5 Å². The van der Waals surface area contributed by atoms with Crippen LogP contribution in [0.15, 0.2) is 38.9 Å². The molecule has 3 N–H and O–H groups in total. The van der Waals surface area contributed by atoms with Gasteiger partial charge in [0.05, 0.1) is 6.21 Å². The highest BCUT2D eigenvalue weighted by atomic mass is 79.9. The number of nitrogens with two attached hydrogens (primary N) is 1. The molecule has 0 aliphatic rings. The van der Waals surface area contributed by atoms with Crippen molar-refractivity contribution in [3.63, 3.8) is 0 Å². The highest BCUT2D eigenvalue weighted by Crippen LogP contribution is 2.08. The summed E-state index contributed by atoms with van der Waals surface area (Å²) in [7, 11) is 0. The fraction of sp³-hybridized carbons (Fsp3) is 0. The molecule has 1 aromatic rings. The quantitative estimate of drug-likeness (QED) is 0.372. The van der Waals surface area contributed by atoms with Crippen LogP contribution in [0, 0.1) is 10.1 Å². The van der Waals surface area contributed by atoms with Gasteiger partial charge in [-0.25, -0.2) is 10.1 Å². The lowest BCUT2D eigenvalue weighted by molar-refractivity contribution is -0.525. The zero-order valence-corrected chi connectivity index (χ0v) is 9.59. The summed E-state index contributed by atoms with van der Waals surface area (Å²) in [5, 5.41) is 16.1. The standard InChI is InChI=1S/C8H8BrN5O2/c9-7-3-1-6(2-4-7)5-11-12-8(10)13-14(15)16/h1-5H,(H3,10,12,13). The predicted molar refractivity (Wildman–Crippen MR) is 63.5 cm³/mol. The monoisotopic (exact) mass is 285 g/mol. The van der Waals surface area contributed by atoms with Crippen LogP contribution in [-0.4, -0.2) is 17.2 Å². The molecule has 0 bridgehead atoms. The Morgan fingerprint density at radius 3 is 2.69 bits per heavy atom. The molecule has 0 aliphatic heterocycles. The van der Waals surface area contributed by atoms with Gasteiger partial charge in [0.2, 0.25) is 0 Å². The van der Waals surface area contributed by atoms with Crippen LogP contribution in [-0.2, 0) is 0 Å². The lowest BCUT2D eigenvalue weighted by Crippen LogP contribution is -2.35. The number of guanidine groups is 1. The number of nitrogens with zero attached hydrogens (tertiary/aromatic N) is 3. The molecule has 0 saturated heterocycles. The van der Waals surface area contributed by atoms with Gasteiger partial charge >= 0.3 is 0 Å². The molecule has 0 spiro atoms. The lowest BCUT2D eigenvalue weighted by atomic mass is 10.2. The third-order valence-electron chi connectivity index (χ3n) is 1.45. The average Bonchev–Trinajstić information content (AvgIpc) is 2.20. The van der Waals surface area contributed by atoms with E-state index in [0.29, 0.717) is 0 Å². The molecule has 16 heavy (non-hydrogen) atoms. The smallest absolute Gasteiger partial charge is 0.275 e. The van der Waals surface area contributed by atoms with Crippen LogP contribution in [0.2, 0.25) is 0 Å². The molecule has 0 saturated carbocycles. The first kappa shape index (κ1) is 12.1. The summed E-state index contributed by atoms with van der Waals surface area (Å²) in [4.78, 5) is 9.96. The normalized spacial score (nSPS) is 11.7. The van der Waals surface area contributed by atoms with Gasteiger partial charge in [-0.05, 0) is 17.7 Å².